The SMILES string of the molecule is CC(C)C(=O)CN1CCN(C)C1=O.COCCN1CC(C(=O)C(C)C)CC1=O. The summed E-state index contributed by atoms with van der Waals surface area (Å²) in [5, 5.41) is 0. The van der Waals surface area contributed by atoms with E-state index in [1.165, 1.54) is 0 Å². The molecule has 2 fully saturated rings. The second-order valence-corrected chi connectivity index (χ2v) is 8.04. The molecule has 3 amide bonds. The van der Waals surface area contributed by atoms with Gasteiger partial charge in [0.05, 0.1) is 13.2 Å². The van der Waals surface area contributed by atoms with E-state index in [9.17, 15) is 19.2 Å². The molecule has 2 saturated heterocycles. The first kappa shape index (κ1) is 24.1. The maximum Gasteiger partial charge on any atom is 0.320 e. The molecule has 2 aliphatic rings. The number of nitrogens with zero attached hydrogens (tertiary/aromatic N) is 3. The fourth-order valence-electron chi connectivity index (χ4n) is 3.07. The molecule has 2 rings (SSSR count). The van der Waals surface area contributed by atoms with Crippen LogP contribution in [-0.4, -0.2) is 91.7 Å². The number of hydrogen-bond donors (Lipinski definition) is 0. The first-order valence-electron chi connectivity index (χ1n) is 9.91. The lowest BCUT2D eigenvalue weighted by atomic mass is 9.95. The van der Waals surface area contributed by atoms with Gasteiger partial charge in [-0.2, -0.15) is 0 Å². The first-order chi connectivity index (χ1) is 13.1. The number of urea groups is 1. The zero-order valence-corrected chi connectivity index (χ0v) is 18.1. The van der Waals surface area contributed by atoms with E-state index in [-0.39, 0.29) is 47.8 Å². The molecular weight excluding hydrogens is 362 g/mol. The van der Waals surface area contributed by atoms with E-state index in [4.69, 9.17) is 4.74 Å². The number of likely N-dealkylation sites (tertiary alicyclic amines) is 1. The molecule has 0 aromatic heterocycles. The predicted octanol–water partition coefficient (Wildman–Crippen LogP) is 1.29. The van der Waals surface area contributed by atoms with Gasteiger partial charge < -0.3 is 19.4 Å². The van der Waals surface area contributed by atoms with Crippen LogP contribution < -0.4 is 0 Å². The van der Waals surface area contributed by atoms with Gasteiger partial charge in [0.2, 0.25) is 5.91 Å². The number of Topliss-reactive ketones (excluding diaryl/α,β-unsaturated/α-hetero) is 2. The van der Waals surface area contributed by atoms with Crippen LogP contribution in [-0.2, 0) is 19.1 Å². The van der Waals surface area contributed by atoms with Gasteiger partial charge in [-0.1, -0.05) is 27.7 Å². The van der Waals surface area contributed by atoms with Crippen molar-refractivity contribution >= 4 is 23.5 Å². The van der Waals surface area contributed by atoms with Crippen LogP contribution in [0, 0.1) is 17.8 Å². The minimum absolute atomic E-state index is 0.0127. The molecule has 0 radical (unpaired) electrons. The normalized spacial score (nSPS) is 19.6. The van der Waals surface area contributed by atoms with Crippen LogP contribution in [0.25, 0.3) is 0 Å². The van der Waals surface area contributed by atoms with Crippen molar-refractivity contribution in [3.63, 3.8) is 0 Å². The van der Waals surface area contributed by atoms with Crippen molar-refractivity contribution in [1.82, 2.24) is 14.7 Å². The van der Waals surface area contributed by atoms with Crippen LogP contribution in [0.2, 0.25) is 0 Å². The van der Waals surface area contributed by atoms with Crippen molar-refractivity contribution in [3.8, 4) is 0 Å². The van der Waals surface area contributed by atoms with Crippen molar-refractivity contribution in [3.05, 3.63) is 0 Å². The molecule has 160 valence electrons. The lowest BCUT2D eigenvalue weighted by molar-refractivity contribution is -0.129. The number of ketones is 2. The molecule has 2 heterocycles. The molecule has 8 heteroatoms. The third kappa shape index (κ3) is 6.89. The van der Waals surface area contributed by atoms with E-state index in [1.807, 2.05) is 27.7 Å². The minimum atomic E-state index is -0.102. The Morgan fingerprint density at radius 1 is 1.07 bits per heavy atom. The molecule has 0 aromatic rings. The lowest BCUT2D eigenvalue weighted by Crippen LogP contribution is -2.35. The van der Waals surface area contributed by atoms with Crippen molar-refractivity contribution in [1.29, 1.82) is 0 Å². The molecule has 0 spiro atoms. The van der Waals surface area contributed by atoms with Gasteiger partial charge in [-0.25, -0.2) is 4.79 Å². The van der Waals surface area contributed by atoms with Crippen LogP contribution in [0.15, 0.2) is 0 Å². The summed E-state index contributed by atoms with van der Waals surface area (Å²) in [5.74, 6) is 0.330. The molecular formula is C20H35N3O5. The Bertz CT molecular complexity index is 576. The number of carbonyl (C=O) groups is 4. The van der Waals surface area contributed by atoms with Crippen LogP contribution in [0.1, 0.15) is 34.1 Å². The summed E-state index contributed by atoms with van der Waals surface area (Å²) in [6, 6.07) is -0.0333. The molecule has 1 unspecified atom stereocenters. The van der Waals surface area contributed by atoms with Crippen molar-refractivity contribution < 1.29 is 23.9 Å². The third-order valence-electron chi connectivity index (χ3n) is 5.04. The molecule has 2 aliphatic heterocycles. The second kappa shape index (κ2) is 11.1. The number of methoxy groups -OCH3 is 1. The van der Waals surface area contributed by atoms with E-state index >= 15 is 0 Å². The lowest BCUT2D eigenvalue weighted by Gasteiger charge is -2.16. The third-order valence-corrected chi connectivity index (χ3v) is 5.04. The van der Waals surface area contributed by atoms with E-state index in [2.05, 4.69) is 0 Å². The summed E-state index contributed by atoms with van der Waals surface area (Å²) in [6.07, 6.45) is 0.376. The zero-order chi connectivity index (χ0) is 21.4. The van der Waals surface area contributed by atoms with Crippen LogP contribution >= 0.6 is 0 Å². The standard InChI is InChI=1S/C11H19NO3.C9H16N2O2/c1-8(2)11(14)9-6-10(13)12(7-9)4-5-15-3;1-7(2)8(12)6-11-5-4-10(3)9(11)13/h8-9H,4-7H2,1-3H3;7H,4-6H2,1-3H3. The number of hydrogen-bond acceptors (Lipinski definition) is 5. The summed E-state index contributed by atoms with van der Waals surface area (Å²) < 4.78 is 4.92. The smallest absolute Gasteiger partial charge is 0.320 e. The molecule has 8 nitrogen and oxygen atoms in total. The Morgan fingerprint density at radius 2 is 1.71 bits per heavy atom. The Labute approximate surface area is 168 Å². The molecule has 0 saturated carbocycles. The average molecular weight is 398 g/mol. The van der Waals surface area contributed by atoms with Gasteiger partial charge in [-0.05, 0) is 0 Å². The number of carbonyl (C=O) groups excluding carboxylic acids is 4. The van der Waals surface area contributed by atoms with Gasteiger partial charge in [0.1, 0.15) is 5.78 Å². The van der Waals surface area contributed by atoms with Gasteiger partial charge in [-0.15, -0.1) is 0 Å². The quantitative estimate of drug-likeness (QED) is 0.616. The van der Waals surface area contributed by atoms with Gasteiger partial charge in [0.15, 0.2) is 5.78 Å². The van der Waals surface area contributed by atoms with E-state index in [0.717, 1.165) is 6.54 Å². The van der Waals surface area contributed by atoms with Crippen molar-refractivity contribution in [2.75, 3.05) is 53.5 Å². The number of rotatable bonds is 8. The van der Waals surface area contributed by atoms with Gasteiger partial charge >= 0.3 is 6.03 Å². The average Bonchev–Trinajstić information content (AvgIpc) is 3.16. The van der Waals surface area contributed by atoms with Gasteiger partial charge in [0.25, 0.3) is 0 Å². The first-order valence-corrected chi connectivity index (χ1v) is 9.91. The highest BCUT2D eigenvalue weighted by atomic mass is 16.5. The Balaban J connectivity index is 0.000000283. The molecule has 0 bridgehead atoms. The number of ether oxygens (including phenoxy) is 1. The van der Waals surface area contributed by atoms with Crippen molar-refractivity contribution in [2.45, 2.75) is 34.1 Å². The Kier molecular flexibility index (Phi) is 9.58. The molecule has 28 heavy (non-hydrogen) atoms. The summed E-state index contributed by atoms with van der Waals surface area (Å²) in [5.41, 5.74) is 0. The maximum absolute atomic E-state index is 11.7. The highest BCUT2D eigenvalue weighted by Crippen LogP contribution is 2.21. The van der Waals surface area contributed by atoms with Gasteiger partial charge in [0, 0.05) is 64.5 Å². The predicted molar refractivity (Wildman–Crippen MR) is 106 cm³/mol. The largest absolute Gasteiger partial charge is 0.383 e. The second-order valence-electron chi connectivity index (χ2n) is 8.04. The highest BCUT2D eigenvalue weighted by Gasteiger charge is 2.34. The van der Waals surface area contributed by atoms with E-state index in [1.54, 1.807) is 28.9 Å². The Hall–Kier alpha value is -1.96. The fourth-order valence-corrected chi connectivity index (χ4v) is 3.07. The minimum Gasteiger partial charge on any atom is -0.383 e. The number of likely N-dealkylation sites (N-methyl/N-ethyl adjacent to an activating group) is 1. The summed E-state index contributed by atoms with van der Waals surface area (Å²) in [6.45, 7) is 10.8. The van der Waals surface area contributed by atoms with Crippen LogP contribution in [0.4, 0.5) is 4.79 Å². The molecule has 0 N–H and O–H groups in total. The van der Waals surface area contributed by atoms with Gasteiger partial charge in [-0.3, -0.25) is 14.4 Å². The fraction of sp³-hybridized carbons (Fsp3) is 0.800. The summed E-state index contributed by atoms with van der Waals surface area (Å²) in [4.78, 5) is 50.9. The summed E-state index contributed by atoms with van der Waals surface area (Å²) in [7, 11) is 3.36. The van der Waals surface area contributed by atoms with Crippen LogP contribution in [0.3, 0.4) is 0 Å². The Morgan fingerprint density at radius 3 is 2.18 bits per heavy atom. The molecule has 1 atom stereocenters. The highest BCUT2D eigenvalue weighted by molar-refractivity contribution is 5.91. The molecule has 0 aliphatic carbocycles. The van der Waals surface area contributed by atoms with E-state index < -0.39 is 0 Å². The topological polar surface area (TPSA) is 87.2 Å². The molecule has 0 aromatic carbocycles. The van der Waals surface area contributed by atoms with Crippen molar-refractivity contribution in [2.24, 2.45) is 17.8 Å². The van der Waals surface area contributed by atoms with Crippen LogP contribution in [0.5, 0.6) is 0 Å². The zero-order valence-electron chi connectivity index (χ0n) is 18.1. The number of amides is 3. The maximum atomic E-state index is 11.7. The summed E-state index contributed by atoms with van der Waals surface area (Å²) >= 11 is 0. The monoisotopic (exact) mass is 397 g/mol. The van der Waals surface area contributed by atoms with E-state index in [0.29, 0.717) is 32.7 Å².